The lowest BCUT2D eigenvalue weighted by molar-refractivity contribution is 0.0124. The minimum atomic E-state index is -1.54. The molecule has 256 valence electrons. The number of carbonyl (C=O) groups is 2. The highest BCUT2D eigenvalue weighted by Crippen LogP contribution is 2.48. The first-order valence-electron chi connectivity index (χ1n) is 16.5. The number of hydrogen-bond acceptors (Lipinski definition) is 6. The maximum absolute atomic E-state index is 14.2. The van der Waals surface area contributed by atoms with Gasteiger partial charge in [0.1, 0.15) is 29.4 Å². The average molecular weight is 667 g/mol. The third kappa shape index (κ3) is 7.47. The van der Waals surface area contributed by atoms with Crippen molar-refractivity contribution in [3.63, 3.8) is 0 Å². The van der Waals surface area contributed by atoms with Gasteiger partial charge in [0.2, 0.25) is 0 Å². The summed E-state index contributed by atoms with van der Waals surface area (Å²) in [6.45, 7) is 9.92. The minimum Gasteiger partial charge on any atom is -0.488 e. The smallest absolute Gasteiger partial charge is 0.410 e. The van der Waals surface area contributed by atoms with E-state index in [-0.39, 0.29) is 19.5 Å². The predicted octanol–water partition coefficient (Wildman–Crippen LogP) is 8.66. The van der Waals surface area contributed by atoms with Crippen LogP contribution in [0.2, 0.25) is 0 Å². The number of carbonyl (C=O) groups excluding carboxylic acids is 2. The number of rotatable bonds is 7. The monoisotopic (exact) mass is 666 g/mol. The van der Waals surface area contributed by atoms with Gasteiger partial charge in [0.25, 0.3) is 0 Å². The van der Waals surface area contributed by atoms with Crippen molar-refractivity contribution in [1.82, 2.24) is 9.47 Å². The molecule has 0 radical (unpaired) electrons. The third-order valence-corrected chi connectivity index (χ3v) is 8.21. The second-order valence-electron chi connectivity index (χ2n) is 12.7. The van der Waals surface area contributed by atoms with Gasteiger partial charge >= 0.3 is 12.1 Å². The molecular weight excluding hydrogens is 623 g/mol. The van der Waals surface area contributed by atoms with Gasteiger partial charge in [-0.2, -0.15) is 0 Å². The molecule has 1 aromatic heterocycles. The molecule has 2 heterocycles. The van der Waals surface area contributed by atoms with Gasteiger partial charge in [-0.15, -0.1) is 0 Å². The molecule has 0 aliphatic carbocycles. The number of likely N-dealkylation sites (tertiary alicyclic amines) is 1. The number of β-amino-alcohol motifs (C(OH)–C–C–N with tert-alkyl or cyclic N) is 1. The van der Waals surface area contributed by atoms with Gasteiger partial charge in [0.05, 0.1) is 35.8 Å². The lowest BCUT2D eigenvalue weighted by Gasteiger charge is -2.28. The van der Waals surface area contributed by atoms with E-state index >= 15 is 0 Å². The summed E-state index contributed by atoms with van der Waals surface area (Å²) < 4.78 is 33.2. The molecule has 4 aromatic carbocycles. The Labute approximate surface area is 286 Å². The summed E-state index contributed by atoms with van der Waals surface area (Å²) in [7, 11) is 1.33. The second-order valence-corrected chi connectivity index (χ2v) is 12.7. The fourth-order valence-electron chi connectivity index (χ4n) is 6.10. The van der Waals surface area contributed by atoms with Crippen molar-refractivity contribution >= 4 is 23.0 Å². The van der Waals surface area contributed by atoms with Gasteiger partial charge in [-0.3, -0.25) is 0 Å². The van der Waals surface area contributed by atoms with E-state index in [0.29, 0.717) is 45.9 Å². The van der Waals surface area contributed by atoms with E-state index in [1.54, 1.807) is 57.2 Å². The zero-order valence-electron chi connectivity index (χ0n) is 28.8. The van der Waals surface area contributed by atoms with Crippen molar-refractivity contribution in [3.8, 4) is 22.6 Å². The summed E-state index contributed by atoms with van der Waals surface area (Å²) in [6.07, 6.45) is -0.300. The van der Waals surface area contributed by atoms with E-state index in [9.17, 15) is 19.1 Å². The molecular formula is C40H43FN2O6. The molecule has 1 aliphatic heterocycles. The number of hydrogen-bond donors (Lipinski definition) is 1. The second kappa shape index (κ2) is 14.5. The molecule has 1 fully saturated rings. The van der Waals surface area contributed by atoms with E-state index in [1.807, 2.05) is 66.9 Å². The molecule has 1 saturated heterocycles. The summed E-state index contributed by atoms with van der Waals surface area (Å²) in [5.74, 6) is -0.293. The fraction of sp³-hybridized carbons (Fsp3) is 0.300. The number of benzene rings is 4. The van der Waals surface area contributed by atoms with Crippen LogP contribution in [-0.2, 0) is 21.7 Å². The Balaban J connectivity index is 0.00000230. The van der Waals surface area contributed by atoms with Gasteiger partial charge in [-0.1, -0.05) is 62.4 Å². The third-order valence-electron chi connectivity index (χ3n) is 8.21. The number of esters is 1. The largest absolute Gasteiger partial charge is 0.488 e. The molecule has 5 aromatic rings. The van der Waals surface area contributed by atoms with Crippen molar-refractivity contribution in [1.29, 1.82) is 0 Å². The Morgan fingerprint density at radius 2 is 1.57 bits per heavy atom. The summed E-state index contributed by atoms with van der Waals surface area (Å²) >= 11 is 0. The molecule has 6 rings (SSSR count). The molecule has 8 nitrogen and oxygen atoms in total. The van der Waals surface area contributed by atoms with Crippen molar-refractivity contribution in [2.45, 2.75) is 58.8 Å². The number of ether oxygens (including phenoxy) is 3. The minimum absolute atomic E-state index is 0.0348. The van der Waals surface area contributed by atoms with Crippen LogP contribution in [0.4, 0.5) is 9.18 Å². The van der Waals surface area contributed by atoms with Crippen molar-refractivity contribution in [3.05, 3.63) is 120 Å². The summed E-state index contributed by atoms with van der Waals surface area (Å²) in [6, 6.07) is 28.5. The molecule has 49 heavy (non-hydrogen) atoms. The number of methoxy groups -OCH3 is 1. The number of aromatic nitrogens is 1. The lowest BCUT2D eigenvalue weighted by Crippen LogP contribution is -2.39. The van der Waals surface area contributed by atoms with Gasteiger partial charge in [-0.25, -0.2) is 14.0 Å². The molecule has 1 unspecified atom stereocenters. The van der Waals surface area contributed by atoms with Gasteiger partial charge in [0, 0.05) is 24.2 Å². The molecule has 9 heteroatoms. The van der Waals surface area contributed by atoms with Gasteiger partial charge < -0.3 is 28.8 Å². The maximum atomic E-state index is 14.2. The van der Waals surface area contributed by atoms with Crippen molar-refractivity contribution in [2.75, 3.05) is 20.2 Å². The first-order chi connectivity index (χ1) is 23.5. The van der Waals surface area contributed by atoms with Gasteiger partial charge in [-0.05, 0) is 80.4 Å². The molecule has 1 aliphatic rings. The van der Waals surface area contributed by atoms with Crippen LogP contribution < -0.4 is 4.74 Å². The van der Waals surface area contributed by atoms with Crippen LogP contribution in [0.15, 0.2) is 97.1 Å². The summed E-state index contributed by atoms with van der Waals surface area (Å²) in [5.41, 5.74) is 2.31. The zero-order valence-corrected chi connectivity index (χ0v) is 28.8. The summed E-state index contributed by atoms with van der Waals surface area (Å²) in [5, 5.41) is 13.4. The molecule has 0 spiro atoms. The number of nitrogens with zero attached hydrogens (tertiary/aromatic N) is 2. The molecule has 1 N–H and O–H groups in total. The zero-order chi connectivity index (χ0) is 35.3. The van der Waals surface area contributed by atoms with E-state index in [1.165, 1.54) is 24.1 Å². The highest BCUT2D eigenvalue weighted by Gasteiger charge is 2.46. The van der Waals surface area contributed by atoms with Gasteiger partial charge in [0.15, 0.2) is 0 Å². The quantitative estimate of drug-likeness (QED) is 0.175. The number of amides is 1. The Morgan fingerprint density at radius 3 is 2.20 bits per heavy atom. The van der Waals surface area contributed by atoms with Crippen LogP contribution in [0.1, 0.15) is 62.7 Å². The number of fused-ring (bicyclic) bond motifs is 1. The highest BCUT2D eigenvalue weighted by molar-refractivity contribution is 6.04. The first kappa shape index (κ1) is 35.2. The summed E-state index contributed by atoms with van der Waals surface area (Å²) in [4.78, 5) is 27.0. The van der Waals surface area contributed by atoms with E-state index in [0.717, 1.165) is 10.9 Å². The molecule has 0 bridgehead atoms. The van der Waals surface area contributed by atoms with Crippen LogP contribution in [0.3, 0.4) is 0 Å². The van der Waals surface area contributed by atoms with E-state index in [4.69, 9.17) is 14.2 Å². The van der Waals surface area contributed by atoms with Crippen LogP contribution in [-0.4, -0.2) is 52.4 Å². The SMILES string of the molecule is CC.COC(=O)c1ccc(-c2c(C3(O)CCN(C(=O)OC(C)(C)C)C3)n(-c3ccc(F)cc3)c3cccc(OCc4ccccc4)c23)cc1. The number of halogens is 1. The van der Waals surface area contributed by atoms with Crippen LogP contribution >= 0.6 is 0 Å². The fourth-order valence-corrected chi connectivity index (χ4v) is 6.10. The van der Waals surface area contributed by atoms with Crippen molar-refractivity contribution in [2.24, 2.45) is 0 Å². The van der Waals surface area contributed by atoms with Crippen LogP contribution in [0.25, 0.3) is 27.7 Å². The standard InChI is InChI=1S/C38H37FN2O6.C2H6/c1-37(2,3)47-36(43)40-22-21-38(44,24-40)34-32(26-13-15-27(16-14-26)35(42)45-4)33-30(41(34)29-19-17-28(39)18-20-29)11-8-12-31(33)46-23-25-9-6-5-7-10-25;1-2/h5-20,44H,21-24H2,1-4H3;1-2H3. The van der Waals surface area contributed by atoms with E-state index in [2.05, 4.69) is 0 Å². The Morgan fingerprint density at radius 1 is 0.898 bits per heavy atom. The highest BCUT2D eigenvalue weighted by atomic mass is 19.1. The lowest BCUT2D eigenvalue weighted by atomic mass is 9.90. The van der Waals surface area contributed by atoms with Crippen LogP contribution in [0.5, 0.6) is 5.75 Å². The maximum Gasteiger partial charge on any atom is 0.410 e. The van der Waals surface area contributed by atoms with Crippen LogP contribution in [0, 0.1) is 5.82 Å². The molecule has 1 amide bonds. The number of aliphatic hydroxyl groups is 1. The Kier molecular flexibility index (Phi) is 10.4. The average Bonchev–Trinajstić information content (AvgIpc) is 3.68. The Hall–Kier alpha value is -5.15. The first-order valence-corrected chi connectivity index (χ1v) is 16.5. The predicted molar refractivity (Wildman–Crippen MR) is 188 cm³/mol. The Bertz CT molecular complexity index is 1910. The molecule has 0 saturated carbocycles. The molecule has 1 atom stereocenters. The topological polar surface area (TPSA) is 90.2 Å². The normalized spacial score (nSPS) is 15.8. The van der Waals surface area contributed by atoms with Crippen molar-refractivity contribution < 1.29 is 33.3 Å². The van der Waals surface area contributed by atoms with E-state index < -0.39 is 29.1 Å².